The van der Waals surface area contributed by atoms with Gasteiger partial charge in [0.2, 0.25) is 0 Å². The zero-order chi connectivity index (χ0) is 12.0. The largest absolute Gasteiger partial charge is 0.390 e. The van der Waals surface area contributed by atoms with Gasteiger partial charge in [-0.25, -0.2) is 0 Å². The molecule has 0 bridgehead atoms. The lowest BCUT2D eigenvalue weighted by Crippen LogP contribution is -2.32. The first-order valence-corrected chi connectivity index (χ1v) is 5.82. The van der Waals surface area contributed by atoms with E-state index >= 15 is 0 Å². The van der Waals surface area contributed by atoms with E-state index in [9.17, 15) is 5.11 Å². The molecule has 5 nitrogen and oxygen atoms in total. The van der Waals surface area contributed by atoms with Gasteiger partial charge >= 0.3 is 0 Å². The van der Waals surface area contributed by atoms with Gasteiger partial charge in [-0.3, -0.25) is 4.68 Å². The van der Waals surface area contributed by atoms with E-state index in [1.54, 1.807) is 4.68 Å². The maximum atomic E-state index is 10.2. The molecule has 0 amide bonds. The predicted molar refractivity (Wildman–Crippen MR) is 63.1 cm³/mol. The van der Waals surface area contributed by atoms with Gasteiger partial charge < -0.3 is 10.4 Å². The summed E-state index contributed by atoms with van der Waals surface area (Å²) in [7, 11) is 1.83. The summed E-state index contributed by atoms with van der Waals surface area (Å²) in [5.74, 6) is 0. The van der Waals surface area contributed by atoms with E-state index in [0.717, 1.165) is 31.6 Å². The van der Waals surface area contributed by atoms with Gasteiger partial charge in [0.15, 0.2) is 0 Å². The Hall–Kier alpha value is -0.940. The fraction of sp³-hybridized carbons (Fsp3) is 0.818. The average Bonchev–Trinajstić information content (AvgIpc) is 2.58. The van der Waals surface area contributed by atoms with Crippen LogP contribution in [0.25, 0.3) is 0 Å². The first-order chi connectivity index (χ1) is 7.53. The topological polar surface area (TPSA) is 63.0 Å². The van der Waals surface area contributed by atoms with E-state index in [1.807, 2.05) is 20.2 Å². The lowest BCUT2D eigenvalue weighted by atomic mass is 9.96. The highest BCUT2D eigenvalue weighted by Crippen LogP contribution is 2.14. The van der Waals surface area contributed by atoms with Crippen LogP contribution in [0.3, 0.4) is 0 Å². The molecule has 0 saturated heterocycles. The van der Waals surface area contributed by atoms with Crippen molar-refractivity contribution in [2.24, 2.45) is 7.05 Å². The Kier molecular flexibility index (Phi) is 4.89. The molecule has 1 aromatic heterocycles. The molecule has 1 unspecified atom stereocenters. The van der Waals surface area contributed by atoms with Crippen molar-refractivity contribution in [3.63, 3.8) is 0 Å². The summed E-state index contributed by atoms with van der Waals surface area (Å²) in [6, 6.07) is 0. The first kappa shape index (κ1) is 13.1. The minimum Gasteiger partial charge on any atom is -0.390 e. The molecule has 16 heavy (non-hydrogen) atoms. The highest BCUT2D eigenvalue weighted by molar-refractivity contribution is 4.98. The van der Waals surface area contributed by atoms with E-state index in [1.165, 1.54) is 0 Å². The fourth-order valence-corrected chi connectivity index (χ4v) is 1.61. The molecular formula is C11H22N4O. The van der Waals surface area contributed by atoms with Gasteiger partial charge in [0.05, 0.1) is 11.3 Å². The number of hydrogen-bond donors (Lipinski definition) is 2. The third kappa shape index (κ3) is 4.72. The minimum atomic E-state index is -0.712. The summed E-state index contributed by atoms with van der Waals surface area (Å²) < 4.78 is 1.65. The highest BCUT2D eigenvalue weighted by Gasteiger charge is 2.21. The van der Waals surface area contributed by atoms with Crippen molar-refractivity contribution in [2.45, 2.75) is 38.7 Å². The minimum absolute atomic E-state index is 0.550. The van der Waals surface area contributed by atoms with Gasteiger partial charge in [0, 0.05) is 19.7 Å². The molecule has 2 N–H and O–H groups in total. The van der Waals surface area contributed by atoms with Crippen LogP contribution in [0, 0.1) is 0 Å². The Morgan fingerprint density at radius 1 is 1.50 bits per heavy atom. The molecule has 1 heterocycles. The van der Waals surface area contributed by atoms with E-state index in [-0.39, 0.29) is 0 Å². The molecular weight excluding hydrogens is 204 g/mol. The predicted octanol–water partition coefficient (Wildman–Crippen LogP) is 0.498. The summed E-state index contributed by atoms with van der Waals surface area (Å²) in [5, 5.41) is 21.3. The lowest BCUT2D eigenvalue weighted by molar-refractivity contribution is 0.0506. The van der Waals surface area contributed by atoms with E-state index in [4.69, 9.17) is 0 Å². The number of aryl methyl sites for hydroxylation is 1. The normalized spacial score (nSPS) is 15.0. The van der Waals surface area contributed by atoms with Gasteiger partial charge in [0.1, 0.15) is 0 Å². The molecule has 0 saturated carbocycles. The number of nitrogens with zero attached hydrogens (tertiary/aromatic N) is 3. The standard InChI is InChI=1S/C11H22N4O/c1-4-6-12-7-5-11(2,16)8-10-9-15(3)14-13-10/h9,12,16H,4-8H2,1-3H3. The zero-order valence-electron chi connectivity index (χ0n) is 10.4. The molecule has 1 rings (SSSR count). The number of nitrogens with one attached hydrogen (secondary N) is 1. The molecule has 0 aliphatic carbocycles. The van der Waals surface area contributed by atoms with Crippen LogP contribution in [-0.4, -0.2) is 38.8 Å². The molecule has 0 aliphatic heterocycles. The van der Waals surface area contributed by atoms with Crippen molar-refractivity contribution in [3.8, 4) is 0 Å². The van der Waals surface area contributed by atoms with Crippen LogP contribution in [0.5, 0.6) is 0 Å². The molecule has 5 heteroatoms. The van der Waals surface area contributed by atoms with E-state index in [2.05, 4.69) is 22.6 Å². The van der Waals surface area contributed by atoms with Crippen LogP contribution in [0.2, 0.25) is 0 Å². The van der Waals surface area contributed by atoms with Crippen LogP contribution < -0.4 is 5.32 Å². The van der Waals surface area contributed by atoms with Crippen molar-refractivity contribution in [1.29, 1.82) is 0 Å². The van der Waals surface area contributed by atoms with Gasteiger partial charge in [-0.05, 0) is 32.9 Å². The van der Waals surface area contributed by atoms with Crippen molar-refractivity contribution >= 4 is 0 Å². The second-order valence-corrected chi connectivity index (χ2v) is 4.56. The summed E-state index contributed by atoms with van der Waals surface area (Å²) in [6.07, 6.45) is 4.23. The van der Waals surface area contributed by atoms with Crippen LogP contribution in [0.15, 0.2) is 6.20 Å². The summed E-state index contributed by atoms with van der Waals surface area (Å²) in [4.78, 5) is 0. The molecule has 0 spiro atoms. The molecule has 0 radical (unpaired) electrons. The first-order valence-electron chi connectivity index (χ1n) is 5.82. The second-order valence-electron chi connectivity index (χ2n) is 4.56. The quantitative estimate of drug-likeness (QED) is 0.665. The Bertz CT molecular complexity index is 309. The van der Waals surface area contributed by atoms with Crippen molar-refractivity contribution in [1.82, 2.24) is 20.3 Å². The molecule has 0 aliphatic rings. The van der Waals surface area contributed by atoms with Gasteiger partial charge in [-0.15, -0.1) is 5.10 Å². The SMILES string of the molecule is CCCNCCC(C)(O)Cc1cn(C)nn1. The van der Waals surface area contributed by atoms with Crippen molar-refractivity contribution in [3.05, 3.63) is 11.9 Å². The molecule has 0 aromatic carbocycles. The van der Waals surface area contributed by atoms with Crippen LogP contribution in [0.1, 0.15) is 32.4 Å². The molecule has 92 valence electrons. The fourth-order valence-electron chi connectivity index (χ4n) is 1.61. The molecule has 0 fully saturated rings. The highest BCUT2D eigenvalue weighted by atomic mass is 16.3. The third-order valence-electron chi connectivity index (χ3n) is 2.48. The Labute approximate surface area is 96.9 Å². The van der Waals surface area contributed by atoms with Gasteiger partial charge in [0.25, 0.3) is 0 Å². The van der Waals surface area contributed by atoms with Crippen molar-refractivity contribution in [2.75, 3.05) is 13.1 Å². The van der Waals surface area contributed by atoms with Crippen LogP contribution in [-0.2, 0) is 13.5 Å². The Morgan fingerprint density at radius 2 is 2.25 bits per heavy atom. The van der Waals surface area contributed by atoms with Gasteiger partial charge in [-0.2, -0.15) is 0 Å². The number of rotatable bonds is 7. The summed E-state index contributed by atoms with van der Waals surface area (Å²) >= 11 is 0. The maximum absolute atomic E-state index is 10.2. The van der Waals surface area contributed by atoms with Crippen LogP contribution in [0.4, 0.5) is 0 Å². The summed E-state index contributed by atoms with van der Waals surface area (Å²) in [6.45, 7) is 5.81. The third-order valence-corrected chi connectivity index (χ3v) is 2.48. The second kappa shape index (κ2) is 5.96. The van der Waals surface area contributed by atoms with Crippen LogP contribution >= 0.6 is 0 Å². The van der Waals surface area contributed by atoms with Gasteiger partial charge in [-0.1, -0.05) is 12.1 Å². The lowest BCUT2D eigenvalue weighted by Gasteiger charge is -2.22. The summed E-state index contributed by atoms with van der Waals surface area (Å²) in [5.41, 5.74) is 0.125. The maximum Gasteiger partial charge on any atom is 0.0855 e. The smallest absolute Gasteiger partial charge is 0.0855 e. The molecule has 1 aromatic rings. The number of hydrogen-bond acceptors (Lipinski definition) is 4. The van der Waals surface area contributed by atoms with E-state index in [0.29, 0.717) is 6.42 Å². The monoisotopic (exact) mass is 226 g/mol. The average molecular weight is 226 g/mol. The van der Waals surface area contributed by atoms with Crippen molar-refractivity contribution < 1.29 is 5.11 Å². The zero-order valence-corrected chi connectivity index (χ0v) is 10.4. The van der Waals surface area contributed by atoms with E-state index < -0.39 is 5.60 Å². The number of aromatic nitrogens is 3. The Morgan fingerprint density at radius 3 is 2.81 bits per heavy atom. The molecule has 1 atom stereocenters. The number of aliphatic hydroxyl groups is 1. The Balaban J connectivity index is 2.33.